The van der Waals surface area contributed by atoms with Gasteiger partial charge in [-0.3, -0.25) is 14.5 Å². The van der Waals surface area contributed by atoms with Crippen LogP contribution in [0.15, 0.2) is 42.0 Å². The van der Waals surface area contributed by atoms with E-state index in [-0.39, 0.29) is 11.6 Å². The Morgan fingerprint density at radius 1 is 1.28 bits per heavy atom. The summed E-state index contributed by atoms with van der Waals surface area (Å²) in [5, 5.41) is 8.30. The third-order valence-electron chi connectivity index (χ3n) is 3.52. The highest BCUT2D eigenvalue weighted by atomic mass is 32.1. The first-order valence-electron chi connectivity index (χ1n) is 7.22. The molecule has 0 unspecified atom stereocenters. The van der Waals surface area contributed by atoms with E-state index >= 15 is 0 Å². The van der Waals surface area contributed by atoms with Crippen molar-refractivity contribution in [2.45, 2.75) is 12.7 Å². The van der Waals surface area contributed by atoms with Gasteiger partial charge in [-0.25, -0.2) is 0 Å². The lowest BCUT2D eigenvalue weighted by Gasteiger charge is -2.05. The highest BCUT2D eigenvalue weighted by Crippen LogP contribution is 2.34. The summed E-state index contributed by atoms with van der Waals surface area (Å²) >= 11 is 1.16. The second-order valence-corrected chi connectivity index (χ2v) is 6.15. The standard InChI is InChI=1S/C16H13F3N4OS/c1-23-13(16(17,18)19)8-12(22-23)11-4-7-25-14(11)15(24)21-9-10-2-5-20-6-3-10/h2-8H,9H2,1H3,(H,21,24). The lowest BCUT2D eigenvalue weighted by molar-refractivity contribution is -0.143. The molecule has 0 aliphatic heterocycles. The number of alkyl halides is 3. The zero-order valence-electron chi connectivity index (χ0n) is 13.0. The first-order valence-corrected chi connectivity index (χ1v) is 8.10. The fourth-order valence-electron chi connectivity index (χ4n) is 2.31. The van der Waals surface area contributed by atoms with Gasteiger partial charge in [0.1, 0.15) is 10.6 Å². The normalized spacial score (nSPS) is 11.5. The Morgan fingerprint density at radius 3 is 2.64 bits per heavy atom. The molecule has 0 saturated carbocycles. The van der Waals surface area contributed by atoms with E-state index in [9.17, 15) is 18.0 Å². The largest absolute Gasteiger partial charge is 0.433 e. The molecule has 0 atom stereocenters. The minimum absolute atomic E-state index is 0.116. The number of thiophene rings is 1. The number of nitrogens with zero attached hydrogens (tertiary/aromatic N) is 3. The average Bonchev–Trinajstić information content (AvgIpc) is 3.19. The molecule has 0 aromatic carbocycles. The van der Waals surface area contributed by atoms with Gasteiger partial charge in [0.25, 0.3) is 5.91 Å². The van der Waals surface area contributed by atoms with Crippen molar-refractivity contribution in [3.63, 3.8) is 0 Å². The minimum atomic E-state index is -4.50. The molecule has 0 aliphatic rings. The predicted octanol–water partition coefficient (Wildman–Crippen LogP) is 3.49. The number of hydrogen-bond donors (Lipinski definition) is 1. The molecule has 0 fully saturated rings. The first-order chi connectivity index (χ1) is 11.9. The van der Waals surface area contributed by atoms with Crippen LogP contribution in [0, 0.1) is 0 Å². The van der Waals surface area contributed by atoms with Crippen LogP contribution in [0.3, 0.4) is 0 Å². The van der Waals surface area contributed by atoms with E-state index in [2.05, 4.69) is 15.4 Å². The maximum absolute atomic E-state index is 12.9. The molecule has 9 heteroatoms. The van der Waals surface area contributed by atoms with Crippen molar-refractivity contribution in [1.29, 1.82) is 0 Å². The quantitative estimate of drug-likeness (QED) is 0.769. The van der Waals surface area contributed by atoms with Crippen LogP contribution in [0.1, 0.15) is 20.9 Å². The fraction of sp³-hybridized carbons (Fsp3) is 0.188. The van der Waals surface area contributed by atoms with E-state index in [1.54, 1.807) is 36.0 Å². The molecule has 0 aliphatic carbocycles. The molecule has 0 saturated heterocycles. The Morgan fingerprint density at radius 2 is 2.00 bits per heavy atom. The number of carbonyl (C=O) groups excluding carboxylic acids is 1. The highest BCUT2D eigenvalue weighted by molar-refractivity contribution is 7.12. The van der Waals surface area contributed by atoms with Crippen LogP contribution >= 0.6 is 11.3 Å². The second kappa shape index (κ2) is 6.67. The SMILES string of the molecule is Cn1nc(-c2ccsc2C(=O)NCc2ccncc2)cc1C(F)(F)F. The van der Waals surface area contributed by atoms with Crippen LogP contribution in [0.5, 0.6) is 0 Å². The Bertz CT molecular complexity index is 886. The van der Waals surface area contributed by atoms with Crippen LogP contribution in [-0.2, 0) is 19.8 Å². The number of aryl methyl sites for hydroxylation is 1. The molecule has 3 aromatic heterocycles. The number of carbonyl (C=O) groups is 1. The fourth-order valence-corrected chi connectivity index (χ4v) is 3.13. The Balaban J connectivity index is 1.82. The molecule has 0 radical (unpaired) electrons. The van der Waals surface area contributed by atoms with Crippen molar-refractivity contribution in [1.82, 2.24) is 20.1 Å². The van der Waals surface area contributed by atoms with Crippen molar-refractivity contribution in [2.75, 3.05) is 0 Å². The molecule has 5 nitrogen and oxygen atoms in total. The van der Waals surface area contributed by atoms with Crippen molar-refractivity contribution in [2.24, 2.45) is 7.05 Å². The number of pyridine rings is 1. The molecule has 25 heavy (non-hydrogen) atoms. The summed E-state index contributed by atoms with van der Waals surface area (Å²) in [6, 6.07) is 6.07. The summed E-state index contributed by atoms with van der Waals surface area (Å²) in [5.74, 6) is -0.360. The number of rotatable bonds is 4. The van der Waals surface area contributed by atoms with Crippen LogP contribution in [0.2, 0.25) is 0 Å². The van der Waals surface area contributed by atoms with Crippen molar-refractivity contribution in [3.05, 3.63) is 58.2 Å². The summed E-state index contributed by atoms with van der Waals surface area (Å²) in [7, 11) is 1.22. The van der Waals surface area contributed by atoms with Crippen LogP contribution in [0.4, 0.5) is 13.2 Å². The molecule has 130 valence electrons. The lowest BCUT2D eigenvalue weighted by Crippen LogP contribution is -2.22. The number of halogens is 3. The lowest BCUT2D eigenvalue weighted by atomic mass is 10.1. The first kappa shape index (κ1) is 17.2. The summed E-state index contributed by atoms with van der Waals surface area (Å²) in [4.78, 5) is 16.6. The summed E-state index contributed by atoms with van der Waals surface area (Å²) < 4.78 is 39.6. The molecule has 3 aromatic rings. The van der Waals surface area contributed by atoms with Gasteiger partial charge in [0.05, 0.1) is 5.69 Å². The Labute approximate surface area is 145 Å². The monoisotopic (exact) mass is 366 g/mol. The highest BCUT2D eigenvalue weighted by Gasteiger charge is 2.35. The maximum atomic E-state index is 12.9. The minimum Gasteiger partial charge on any atom is -0.347 e. The van der Waals surface area contributed by atoms with Gasteiger partial charge >= 0.3 is 6.18 Å². The molecule has 3 rings (SSSR count). The van der Waals surface area contributed by atoms with Gasteiger partial charge in [0, 0.05) is 31.5 Å². The van der Waals surface area contributed by atoms with Crippen LogP contribution in [0.25, 0.3) is 11.3 Å². The van der Waals surface area contributed by atoms with Gasteiger partial charge in [0.15, 0.2) is 0 Å². The van der Waals surface area contributed by atoms with E-state index in [0.29, 0.717) is 17.0 Å². The van der Waals surface area contributed by atoms with Gasteiger partial charge in [-0.05, 0) is 35.2 Å². The molecule has 1 N–H and O–H groups in total. The van der Waals surface area contributed by atoms with E-state index in [1.807, 2.05) is 0 Å². The third kappa shape index (κ3) is 3.71. The van der Waals surface area contributed by atoms with Gasteiger partial charge in [-0.2, -0.15) is 18.3 Å². The van der Waals surface area contributed by atoms with E-state index < -0.39 is 11.9 Å². The van der Waals surface area contributed by atoms with Crippen molar-refractivity contribution >= 4 is 17.2 Å². The van der Waals surface area contributed by atoms with E-state index in [0.717, 1.165) is 27.6 Å². The van der Waals surface area contributed by atoms with Gasteiger partial charge in [-0.1, -0.05) is 0 Å². The number of nitrogens with one attached hydrogen (secondary N) is 1. The van der Waals surface area contributed by atoms with Crippen LogP contribution in [-0.4, -0.2) is 20.7 Å². The summed E-state index contributed by atoms with van der Waals surface area (Å²) in [5.41, 5.74) is 0.504. The van der Waals surface area contributed by atoms with E-state index in [1.165, 1.54) is 7.05 Å². The molecule has 1 amide bonds. The Kier molecular flexibility index (Phi) is 4.58. The van der Waals surface area contributed by atoms with Gasteiger partial charge in [0.2, 0.25) is 0 Å². The smallest absolute Gasteiger partial charge is 0.347 e. The predicted molar refractivity (Wildman–Crippen MR) is 86.9 cm³/mol. The number of amides is 1. The van der Waals surface area contributed by atoms with Gasteiger partial charge < -0.3 is 5.32 Å². The van der Waals surface area contributed by atoms with Crippen molar-refractivity contribution < 1.29 is 18.0 Å². The Hall–Kier alpha value is -2.68. The van der Waals surface area contributed by atoms with Gasteiger partial charge in [-0.15, -0.1) is 11.3 Å². The maximum Gasteiger partial charge on any atom is 0.433 e. The number of aromatic nitrogens is 3. The molecule has 0 bridgehead atoms. The molecule has 0 spiro atoms. The van der Waals surface area contributed by atoms with Crippen LogP contribution < -0.4 is 5.32 Å². The zero-order valence-corrected chi connectivity index (χ0v) is 13.9. The molecular weight excluding hydrogens is 353 g/mol. The average molecular weight is 366 g/mol. The third-order valence-corrected chi connectivity index (χ3v) is 4.43. The summed E-state index contributed by atoms with van der Waals surface area (Å²) in [6.07, 6.45) is -1.27. The zero-order chi connectivity index (χ0) is 18.0. The number of hydrogen-bond acceptors (Lipinski definition) is 4. The summed E-state index contributed by atoms with van der Waals surface area (Å²) in [6.45, 7) is 0.300. The van der Waals surface area contributed by atoms with E-state index in [4.69, 9.17) is 0 Å². The second-order valence-electron chi connectivity index (χ2n) is 5.24. The van der Waals surface area contributed by atoms with Crippen molar-refractivity contribution in [3.8, 4) is 11.3 Å². The molecule has 3 heterocycles. The topological polar surface area (TPSA) is 59.8 Å². The molecular formula is C16H13F3N4OS.